The molecular formula is C13H20N2O2S. The van der Waals surface area contributed by atoms with Crippen molar-refractivity contribution in [1.29, 1.82) is 0 Å². The van der Waals surface area contributed by atoms with Gasteiger partial charge in [0.15, 0.2) is 0 Å². The van der Waals surface area contributed by atoms with Gasteiger partial charge in [0.1, 0.15) is 12.4 Å². The van der Waals surface area contributed by atoms with E-state index in [0.717, 1.165) is 24.2 Å². The Hall–Kier alpha value is -1.33. The first-order valence-electron chi connectivity index (χ1n) is 5.85. The average molecular weight is 268 g/mol. The Balaban J connectivity index is 2.44. The van der Waals surface area contributed by atoms with Gasteiger partial charge in [-0.25, -0.2) is 0 Å². The fourth-order valence-electron chi connectivity index (χ4n) is 1.43. The van der Waals surface area contributed by atoms with Gasteiger partial charge < -0.3 is 20.1 Å². The number of thiocarbonyl (C=S) groups is 1. The van der Waals surface area contributed by atoms with Crippen LogP contribution in [-0.4, -0.2) is 42.4 Å². The minimum absolute atomic E-state index is 0.299. The second-order valence-corrected chi connectivity index (χ2v) is 4.55. The number of phenols is 1. The fourth-order valence-corrected chi connectivity index (χ4v) is 1.58. The van der Waals surface area contributed by atoms with Crippen molar-refractivity contribution >= 4 is 17.4 Å². The van der Waals surface area contributed by atoms with E-state index in [-0.39, 0.29) is 0 Å². The highest BCUT2D eigenvalue weighted by Gasteiger charge is 2.05. The van der Waals surface area contributed by atoms with E-state index in [1.807, 2.05) is 38.1 Å². The van der Waals surface area contributed by atoms with Crippen LogP contribution >= 0.6 is 12.2 Å². The van der Waals surface area contributed by atoms with E-state index in [1.54, 1.807) is 6.07 Å². The molecule has 100 valence electrons. The summed E-state index contributed by atoms with van der Waals surface area (Å²) in [6.07, 6.45) is 0. The SMILES string of the molecule is CNCCN(C)C(=S)OCc1ccc(O)c(C)c1. The summed E-state index contributed by atoms with van der Waals surface area (Å²) in [4.78, 5) is 1.89. The van der Waals surface area contributed by atoms with Gasteiger partial charge in [-0.2, -0.15) is 0 Å². The monoisotopic (exact) mass is 268 g/mol. The van der Waals surface area contributed by atoms with Crippen LogP contribution in [0, 0.1) is 6.92 Å². The van der Waals surface area contributed by atoms with E-state index >= 15 is 0 Å². The first-order valence-corrected chi connectivity index (χ1v) is 6.26. The van der Waals surface area contributed by atoms with Gasteiger partial charge in [0.05, 0.1) is 0 Å². The van der Waals surface area contributed by atoms with E-state index in [0.29, 0.717) is 17.5 Å². The number of rotatable bonds is 5. The van der Waals surface area contributed by atoms with Crippen molar-refractivity contribution in [2.45, 2.75) is 13.5 Å². The molecule has 0 aliphatic carbocycles. The topological polar surface area (TPSA) is 44.7 Å². The maximum absolute atomic E-state index is 9.42. The average Bonchev–Trinajstić information content (AvgIpc) is 2.36. The third-order valence-electron chi connectivity index (χ3n) is 2.63. The number of aromatic hydroxyl groups is 1. The highest BCUT2D eigenvalue weighted by atomic mass is 32.1. The van der Waals surface area contributed by atoms with Crippen molar-refractivity contribution in [3.8, 4) is 5.75 Å². The molecule has 0 fully saturated rings. The van der Waals surface area contributed by atoms with Crippen molar-refractivity contribution in [2.24, 2.45) is 0 Å². The van der Waals surface area contributed by atoms with Crippen molar-refractivity contribution in [3.05, 3.63) is 29.3 Å². The molecule has 2 N–H and O–H groups in total. The maximum Gasteiger partial charge on any atom is 0.259 e. The molecule has 4 nitrogen and oxygen atoms in total. The lowest BCUT2D eigenvalue weighted by Crippen LogP contribution is -2.32. The zero-order valence-electron chi connectivity index (χ0n) is 11.1. The lowest BCUT2D eigenvalue weighted by molar-refractivity contribution is 0.246. The Morgan fingerprint density at radius 3 is 2.83 bits per heavy atom. The molecule has 0 bridgehead atoms. The standard InChI is InChI=1S/C13H20N2O2S/c1-10-8-11(4-5-12(10)16)9-17-13(18)15(3)7-6-14-2/h4-5,8,14,16H,6-7,9H2,1-3H3. The molecule has 0 aliphatic heterocycles. The van der Waals surface area contributed by atoms with Crippen molar-refractivity contribution in [2.75, 3.05) is 27.2 Å². The summed E-state index contributed by atoms with van der Waals surface area (Å²) in [5.41, 5.74) is 1.83. The van der Waals surface area contributed by atoms with Crippen LogP contribution in [0.4, 0.5) is 0 Å². The number of ether oxygens (including phenoxy) is 1. The summed E-state index contributed by atoms with van der Waals surface area (Å²) < 4.78 is 5.53. The van der Waals surface area contributed by atoms with Gasteiger partial charge in [-0.1, -0.05) is 6.07 Å². The van der Waals surface area contributed by atoms with E-state index < -0.39 is 0 Å². The van der Waals surface area contributed by atoms with Gasteiger partial charge in [-0.15, -0.1) is 0 Å². The van der Waals surface area contributed by atoms with Gasteiger partial charge >= 0.3 is 0 Å². The molecule has 5 heteroatoms. The van der Waals surface area contributed by atoms with Gasteiger partial charge in [-0.05, 0) is 49.4 Å². The molecule has 0 saturated heterocycles. The van der Waals surface area contributed by atoms with Crippen LogP contribution in [0.2, 0.25) is 0 Å². The van der Waals surface area contributed by atoms with Gasteiger partial charge in [0.2, 0.25) is 0 Å². The third kappa shape index (κ3) is 4.50. The van der Waals surface area contributed by atoms with E-state index in [9.17, 15) is 5.11 Å². The Labute approximate surface area is 114 Å². The number of likely N-dealkylation sites (N-methyl/N-ethyl adjacent to an activating group) is 2. The summed E-state index contributed by atoms with van der Waals surface area (Å²) in [5, 5.41) is 13.0. The zero-order valence-corrected chi connectivity index (χ0v) is 11.9. The Bertz CT molecular complexity index is 410. The van der Waals surface area contributed by atoms with E-state index in [2.05, 4.69) is 5.32 Å². The van der Waals surface area contributed by atoms with Gasteiger partial charge in [0, 0.05) is 20.1 Å². The van der Waals surface area contributed by atoms with Crippen LogP contribution in [0.3, 0.4) is 0 Å². The number of aryl methyl sites for hydroxylation is 1. The predicted molar refractivity (Wildman–Crippen MR) is 76.8 cm³/mol. The zero-order chi connectivity index (χ0) is 13.5. The summed E-state index contributed by atoms with van der Waals surface area (Å²) in [5.74, 6) is 0.299. The van der Waals surface area contributed by atoms with Crippen LogP contribution < -0.4 is 5.32 Å². The van der Waals surface area contributed by atoms with E-state index in [4.69, 9.17) is 17.0 Å². The molecule has 1 rings (SSSR count). The molecule has 1 aromatic carbocycles. The molecule has 18 heavy (non-hydrogen) atoms. The molecule has 0 radical (unpaired) electrons. The molecule has 0 heterocycles. The lowest BCUT2D eigenvalue weighted by Gasteiger charge is -2.19. The van der Waals surface area contributed by atoms with Crippen LogP contribution in [0.1, 0.15) is 11.1 Å². The second-order valence-electron chi connectivity index (χ2n) is 4.20. The molecule has 0 aliphatic rings. The van der Waals surface area contributed by atoms with Crippen molar-refractivity contribution in [3.63, 3.8) is 0 Å². The minimum Gasteiger partial charge on any atom is -0.508 e. The largest absolute Gasteiger partial charge is 0.508 e. The molecule has 1 aromatic rings. The van der Waals surface area contributed by atoms with Crippen molar-refractivity contribution < 1.29 is 9.84 Å². The number of nitrogens with zero attached hydrogens (tertiary/aromatic N) is 1. The van der Waals surface area contributed by atoms with Crippen molar-refractivity contribution in [1.82, 2.24) is 10.2 Å². The lowest BCUT2D eigenvalue weighted by atomic mass is 10.1. The maximum atomic E-state index is 9.42. The highest BCUT2D eigenvalue weighted by Crippen LogP contribution is 2.17. The quantitative estimate of drug-likeness (QED) is 0.795. The number of nitrogens with one attached hydrogen (secondary N) is 1. The number of hydrogen-bond acceptors (Lipinski definition) is 4. The summed E-state index contributed by atoms with van der Waals surface area (Å²) in [7, 11) is 3.80. The number of hydrogen-bond donors (Lipinski definition) is 2. The molecule has 0 amide bonds. The predicted octanol–water partition coefficient (Wildman–Crippen LogP) is 1.65. The Kier molecular flexibility index (Phi) is 5.88. The Morgan fingerprint density at radius 2 is 2.22 bits per heavy atom. The molecule has 0 spiro atoms. The first kappa shape index (κ1) is 14.7. The molecular weight excluding hydrogens is 248 g/mol. The van der Waals surface area contributed by atoms with Crippen LogP contribution in [0.25, 0.3) is 0 Å². The molecule has 0 aromatic heterocycles. The van der Waals surface area contributed by atoms with Gasteiger partial charge in [-0.3, -0.25) is 0 Å². The number of phenolic OH excluding ortho intramolecular Hbond substituents is 1. The molecule has 0 atom stereocenters. The number of benzene rings is 1. The van der Waals surface area contributed by atoms with Crippen LogP contribution in [-0.2, 0) is 11.3 Å². The first-order chi connectivity index (χ1) is 8.54. The summed E-state index contributed by atoms with van der Waals surface area (Å²) >= 11 is 5.17. The highest BCUT2D eigenvalue weighted by molar-refractivity contribution is 7.80. The third-order valence-corrected chi connectivity index (χ3v) is 3.06. The van der Waals surface area contributed by atoms with Crippen LogP contribution in [0.5, 0.6) is 5.75 Å². The fraction of sp³-hybridized carbons (Fsp3) is 0.462. The smallest absolute Gasteiger partial charge is 0.259 e. The molecule has 0 saturated carbocycles. The van der Waals surface area contributed by atoms with E-state index in [1.165, 1.54) is 0 Å². The summed E-state index contributed by atoms with van der Waals surface area (Å²) in [6, 6.07) is 5.39. The van der Waals surface area contributed by atoms with Crippen LogP contribution in [0.15, 0.2) is 18.2 Å². The normalized spacial score (nSPS) is 10.2. The summed E-state index contributed by atoms with van der Waals surface area (Å²) in [6.45, 7) is 3.95. The second kappa shape index (κ2) is 7.18. The molecule has 0 unspecified atom stereocenters. The minimum atomic E-state index is 0.299. The Morgan fingerprint density at radius 1 is 1.50 bits per heavy atom. The van der Waals surface area contributed by atoms with Gasteiger partial charge in [0.25, 0.3) is 5.17 Å².